The normalized spacial score (nSPS) is 12.0. The molecule has 0 aliphatic carbocycles. The van der Waals surface area contributed by atoms with E-state index in [4.69, 9.17) is 13.3 Å². The summed E-state index contributed by atoms with van der Waals surface area (Å²) >= 11 is 0. The first-order valence-electron chi connectivity index (χ1n) is 20.3. The average Bonchev–Trinajstić information content (AvgIpc) is 4.01. The van der Waals surface area contributed by atoms with Crippen LogP contribution in [0.25, 0.3) is 110 Å². The highest BCUT2D eigenvalue weighted by molar-refractivity contribution is 6.23. The van der Waals surface area contributed by atoms with Gasteiger partial charge in [-0.3, -0.25) is 0 Å². The van der Waals surface area contributed by atoms with Crippen molar-refractivity contribution in [3.63, 3.8) is 0 Å². The van der Waals surface area contributed by atoms with Gasteiger partial charge in [0.15, 0.2) is 5.58 Å². The van der Waals surface area contributed by atoms with E-state index >= 15 is 0 Å². The van der Waals surface area contributed by atoms with Crippen molar-refractivity contribution in [2.75, 3.05) is 4.90 Å². The molecule has 0 saturated carbocycles. The highest BCUT2D eigenvalue weighted by Crippen LogP contribution is 2.50. The van der Waals surface area contributed by atoms with Crippen LogP contribution in [0.5, 0.6) is 0 Å². The standard InChI is InChI=1S/C56H33NO3/c1-2-12-34(13-3-1)40-27-28-42(53-44-17-7-10-20-50(44)59-55(40)53)43-29-30-48(56-54(43)45-18-8-11-21-51(45)60-56)57(38-26-31-52-47(33-38)41-16-6-9-19-49(41)58-52)37-25-24-36-23-22-35-14-4-5-15-39(35)46(36)32-37/h1-33H. The zero-order valence-corrected chi connectivity index (χ0v) is 32.2. The molecule has 0 amide bonds. The lowest BCUT2D eigenvalue weighted by Gasteiger charge is -2.26. The first-order valence-corrected chi connectivity index (χ1v) is 20.3. The SMILES string of the molecule is c1ccc(-c2ccc(-c3ccc(N(c4ccc5ccc6ccccc6c5c4)c4ccc5oc6ccccc6c5c4)c4oc5ccccc5c34)c3c2oc2ccccc23)cc1. The summed E-state index contributed by atoms with van der Waals surface area (Å²) in [5, 5.41) is 11.2. The summed E-state index contributed by atoms with van der Waals surface area (Å²) in [5.74, 6) is 0. The Hall–Kier alpha value is -8.08. The van der Waals surface area contributed by atoms with Crippen LogP contribution in [0.4, 0.5) is 17.1 Å². The summed E-state index contributed by atoms with van der Waals surface area (Å²) in [6.07, 6.45) is 0. The van der Waals surface area contributed by atoms with Gasteiger partial charge < -0.3 is 18.2 Å². The molecule has 0 saturated heterocycles. The molecule has 0 unspecified atom stereocenters. The smallest absolute Gasteiger partial charge is 0.160 e. The second-order valence-corrected chi connectivity index (χ2v) is 15.6. The molecule has 280 valence electrons. The van der Waals surface area contributed by atoms with E-state index in [1.165, 1.54) is 21.5 Å². The maximum atomic E-state index is 7.06. The molecule has 4 heteroatoms. The summed E-state index contributed by atoms with van der Waals surface area (Å²) in [6.45, 7) is 0. The van der Waals surface area contributed by atoms with Gasteiger partial charge in [0.1, 0.15) is 27.9 Å². The molecule has 0 bridgehead atoms. The summed E-state index contributed by atoms with van der Waals surface area (Å²) in [6, 6.07) is 70.8. The topological polar surface area (TPSA) is 42.7 Å². The Morgan fingerprint density at radius 1 is 0.300 bits per heavy atom. The third-order valence-electron chi connectivity index (χ3n) is 12.3. The fourth-order valence-corrected chi connectivity index (χ4v) is 9.52. The van der Waals surface area contributed by atoms with Crippen LogP contribution in [0.3, 0.4) is 0 Å². The van der Waals surface area contributed by atoms with Crippen molar-refractivity contribution in [3.05, 3.63) is 200 Å². The van der Waals surface area contributed by atoms with Gasteiger partial charge in [-0.05, 0) is 98.9 Å². The first-order chi connectivity index (χ1) is 29.7. The van der Waals surface area contributed by atoms with Crippen molar-refractivity contribution in [3.8, 4) is 22.3 Å². The fraction of sp³-hybridized carbons (Fsp3) is 0. The summed E-state index contributed by atoms with van der Waals surface area (Å²) in [4.78, 5) is 2.35. The molecular formula is C56H33NO3. The van der Waals surface area contributed by atoms with Gasteiger partial charge in [-0.1, -0.05) is 140 Å². The van der Waals surface area contributed by atoms with E-state index in [-0.39, 0.29) is 0 Å². The number of furan rings is 3. The second kappa shape index (κ2) is 12.7. The van der Waals surface area contributed by atoms with Gasteiger partial charge >= 0.3 is 0 Å². The molecule has 0 aliphatic heterocycles. The molecule has 0 N–H and O–H groups in total. The van der Waals surface area contributed by atoms with Crippen molar-refractivity contribution in [1.82, 2.24) is 0 Å². The molecule has 0 fully saturated rings. The number of fused-ring (bicyclic) bond motifs is 12. The molecule has 13 rings (SSSR count). The van der Waals surface area contributed by atoms with E-state index in [9.17, 15) is 0 Å². The Morgan fingerprint density at radius 2 is 0.800 bits per heavy atom. The molecule has 3 aromatic heterocycles. The molecule has 4 nitrogen and oxygen atoms in total. The maximum Gasteiger partial charge on any atom is 0.160 e. The predicted molar refractivity (Wildman–Crippen MR) is 249 cm³/mol. The number of benzene rings is 10. The predicted octanol–water partition coefficient (Wildman–Crippen LogP) is 16.5. The zero-order chi connectivity index (χ0) is 39.3. The largest absolute Gasteiger partial charge is 0.456 e. The highest BCUT2D eigenvalue weighted by Gasteiger charge is 2.25. The van der Waals surface area contributed by atoms with Crippen LogP contribution in [0.1, 0.15) is 0 Å². The van der Waals surface area contributed by atoms with E-state index in [1.807, 2.05) is 24.3 Å². The van der Waals surface area contributed by atoms with Crippen molar-refractivity contribution in [2.45, 2.75) is 0 Å². The van der Waals surface area contributed by atoms with Gasteiger partial charge in [0, 0.05) is 49.3 Å². The number of hydrogen-bond acceptors (Lipinski definition) is 4. The van der Waals surface area contributed by atoms with Crippen LogP contribution < -0.4 is 4.90 Å². The van der Waals surface area contributed by atoms with E-state index in [0.29, 0.717) is 0 Å². The number of hydrogen-bond donors (Lipinski definition) is 0. The lowest BCUT2D eigenvalue weighted by Crippen LogP contribution is -2.10. The van der Waals surface area contributed by atoms with E-state index < -0.39 is 0 Å². The van der Waals surface area contributed by atoms with Crippen molar-refractivity contribution in [1.29, 1.82) is 0 Å². The molecule has 0 spiro atoms. The Kier molecular flexibility index (Phi) is 6.98. The first kappa shape index (κ1) is 32.9. The third kappa shape index (κ3) is 4.85. The van der Waals surface area contributed by atoms with Crippen molar-refractivity contribution < 1.29 is 13.3 Å². The molecule has 3 heterocycles. The Labute approximate surface area is 343 Å². The molecule has 0 aliphatic rings. The lowest BCUT2D eigenvalue weighted by molar-refractivity contribution is 0.668. The minimum Gasteiger partial charge on any atom is -0.456 e. The van der Waals surface area contributed by atoms with Gasteiger partial charge in [-0.2, -0.15) is 0 Å². The number of nitrogens with zero attached hydrogens (tertiary/aromatic N) is 1. The number of anilines is 3. The third-order valence-corrected chi connectivity index (χ3v) is 12.3. The summed E-state index contributed by atoms with van der Waals surface area (Å²) < 4.78 is 20.1. The van der Waals surface area contributed by atoms with Gasteiger partial charge in [0.2, 0.25) is 0 Å². The monoisotopic (exact) mass is 767 g/mol. The Morgan fingerprint density at radius 3 is 1.55 bits per heavy atom. The molecule has 0 atom stereocenters. The van der Waals surface area contributed by atoms with Crippen molar-refractivity contribution in [2.24, 2.45) is 0 Å². The minimum absolute atomic E-state index is 0.803. The minimum atomic E-state index is 0.803. The van der Waals surface area contributed by atoms with Crippen LogP contribution in [0, 0.1) is 0 Å². The van der Waals surface area contributed by atoms with Gasteiger partial charge in [0.25, 0.3) is 0 Å². The van der Waals surface area contributed by atoms with E-state index in [0.717, 1.165) is 105 Å². The summed E-state index contributed by atoms with van der Waals surface area (Å²) in [5.41, 5.74) is 12.4. The van der Waals surface area contributed by atoms with Crippen LogP contribution in [-0.2, 0) is 0 Å². The van der Waals surface area contributed by atoms with Gasteiger partial charge in [0.05, 0.1) is 5.69 Å². The molecule has 10 aromatic carbocycles. The quantitative estimate of drug-likeness (QED) is 0.164. The Balaban J connectivity index is 1.12. The van der Waals surface area contributed by atoms with Crippen LogP contribution in [0.15, 0.2) is 213 Å². The highest BCUT2D eigenvalue weighted by atomic mass is 16.3. The molecule has 60 heavy (non-hydrogen) atoms. The second-order valence-electron chi connectivity index (χ2n) is 15.6. The van der Waals surface area contributed by atoms with Gasteiger partial charge in [-0.25, -0.2) is 0 Å². The van der Waals surface area contributed by atoms with Crippen molar-refractivity contribution >= 4 is 104 Å². The Bertz CT molecular complexity index is 3850. The lowest BCUT2D eigenvalue weighted by atomic mass is 9.92. The molecule has 0 radical (unpaired) electrons. The zero-order valence-electron chi connectivity index (χ0n) is 32.2. The maximum absolute atomic E-state index is 7.06. The van der Waals surface area contributed by atoms with Crippen LogP contribution in [0.2, 0.25) is 0 Å². The van der Waals surface area contributed by atoms with Crippen LogP contribution >= 0.6 is 0 Å². The number of para-hydroxylation sites is 3. The fourth-order valence-electron chi connectivity index (χ4n) is 9.52. The molecular weight excluding hydrogens is 735 g/mol. The van der Waals surface area contributed by atoms with Gasteiger partial charge in [-0.15, -0.1) is 0 Å². The summed E-state index contributed by atoms with van der Waals surface area (Å²) in [7, 11) is 0. The van der Waals surface area contributed by atoms with E-state index in [1.54, 1.807) is 0 Å². The average molecular weight is 768 g/mol. The van der Waals surface area contributed by atoms with Crippen LogP contribution in [-0.4, -0.2) is 0 Å². The van der Waals surface area contributed by atoms with E-state index in [2.05, 4.69) is 181 Å². The number of rotatable bonds is 5. The molecule has 13 aromatic rings.